The van der Waals surface area contributed by atoms with Crippen LogP contribution in [0.4, 0.5) is 5.69 Å². The molecule has 1 heterocycles. The molecule has 0 bridgehead atoms. The third kappa shape index (κ3) is 2.67. The summed E-state index contributed by atoms with van der Waals surface area (Å²) in [4.78, 5) is 0.234. The fourth-order valence-electron chi connectivity index (χ4n) is 2.90. The Hall–Kier alpha value is -0.780. The summed E-state index contributed by atoms with van der Waals surface area (Å²) in [5.41, 5.74) is 6.79. The van der Waals surface area contributed by atoms with Gasteiger partial charge in [0, 0.05) is 12.1 Å². The minimum absolute atomic E-state index is 0.0148. The molecule has 1 aliphatic rings. The van der Waals surface area contributed by atoms with E-state index in [1.54, 1.807) is 17.3 Å². The van der Waals surface area contributed by atoms with E-state index in [0.717, 1.165) is 19.3 Å². The van der Waals surface area contributed by atoms with Crippen LogP contribution < -0.4 is 5.73 Å². The van der Waals surface area contributed by atoms with E-state index >= 15 is 0 Å². The van der Waals surface area contributed by atoms with Crippen LogP contribution in [0.2, 0.25) is 5.02 Å². The van der Waals surface area contributed by atoms with Crippen LogP contribution in [0.1, 0.15) is 38.7 Å². The van der Waals surface area contributed by atoms with Gasteiger partial charge in [0.1, 0.15) is 0 Å². The van der Waals surface area contributed by atoms with Gasteiger partial charge in [-0.25, -0.2) is 8.42 Å². The molecule has 0 aromatic heterocycles. The van der Waals surface area contributed by atoms with E-state index in [0.29, 0.717) is 16.3 Å². The van der Waals surface area contributed by atoms with Crippen LogP contribution in [0, 0.1) is 6.92 Å². The Bertz CT molecular complexity index is 583. The Labute approximate surface area is 126 Å². The summed E-state index contributed by atoms with van der Waals surface area (Å²) in [6, 6.07) is 3.09. The molecule has 112 valence electrons. The van der Waals surface area contributed by atoms with Gasteiger partial charge in [0.2, 0.25) is 10.0 Å². The highest BCUT2D eigenvalue weighted by Gasteiger charge is 2.35. The maximum atomic E-state index is 12.9. The van der Waals surface area contributed by atoms with Crippen molar-refractivity contribution in [1.82, 2.24) is 4.31 Å². The molecule has 0 aliphatic carbocycles. The van der Waals surface area contributed by atoms with E-state index in [9.17, 15) is 8.42 Å². The molecule has 6 heteroatoms. The molecule has 2 rings (SSSR count). The molecule has 2 unspecified atom stereocenters. The highest BCUT2D eigenvalue weighted by atomic mass is 35.5. The average molecular weight is 317 g/mol. The lowest BCUT2D eigenvalue weighted by molar-refractivity contribution is 0.204. The van der Waals surface area contributed by atoms with Gasteiger partial charge in [-0.05, 0) is 51.3 Å². The number of nitrogen functional groups attached to an aromatic ring is 1. The molecule has 1 saturated heterocycles. The number of sulfonamides is 1. The Balaban J connectivity index is 2.49. The van der Waals surface area contributed by atoms with Gasteiger partial charge in [-0.3, -0.25) is 0 Å². The fraction of sp³-hybridized carbons (Fsp3) is 0.571. The van der Waals surface area contributed by atoms with Crippen molar-refractivity contribution in [3.05, 3.63) is 22.7 Å². The summed E-state index contributed by atoms with van der Waals surface area (Å²) >= 11 is 6.01. The minimum Gasteiger partial charge on any atom is -0.397 e. The number of hydrogen-bond donors (Lipinski definition) is 1. The van der Waals surface area contributed by atoms with Crippen molar-refractivity contribution in [3.8, 4) is 0 Å². The molecule has 1 aromatic carbocycles. The third-order valence-electron chi connectivity index (χ3n) is 3.94. The number of benzene rings is 1. The number of hydrogen-bond acceptors (Lipinski definition) is 3. The normalized spacial score (nSPS) is 24.8. The molecule has 0 radical (unpaired) electrons. The van der Waals surface area contributed by atoms with E-state index in [1.807, 2.05) is 13.8 Å². The first kappa shape index (κ1) is 15.6. The molecule has 2 N–H and O–H groups in total. The number of nitrogens with two attached hydrogens (primary N) is 1. The molecule has 0 spiro atoms. The third-order valence-corrected chi connectivity index (χ3v) is 6.57. The predicted molar refractivity (Wildman–Crippen MR) is 82.4 cm³/mol. The Morgan fingerprint density at radius 2 is 1.80 bits per heavy atom. The van der Waals surface area contributed by atoms with Crippen LogP contribution >= 0.6 is 11.6 Å². The summed E-state index contributed by atoms with van der Waals surface area (Å²) < 4.78 is 27.3. The van der Waals surface area contributed by atoms with E-state index in [4.69, 9.17) is 17.3 Å². The molecule has 1 aliphatic heterocycles. The molecule has 20 heavy (non-hydrogen) atoms. The quantitative estimate of drug-likeness (QED) is 0.852. The maximum Gasteiger partial charge on any atom is 0.243 e. The zero-order chi connectivity index (χ0) is 15.1. The first-order valence-corrected chi connectivity index (χ1v) is 8.66. The number of nitrogens with zero attached hydrogens (tertiary/aromatic N) is 1. The average Bonchev–Trinajstić information content (AvgIpc) is 2.34. The fourth-order valence-corrected chi connectivity index (χ4v) is 5.02. The van der Waals surface area contributed by atoms with Gasteiger partial charge in [-0.1, -0.05) is 18.0 Å². The Kier molecular flexibility index (Phi) is 4.33. The number of piperidine rings is 1. The van der Waals surface area contributed by atoms with Gasteiger partial charge < -0.3 is 5.73 Å². The van der Waals surface area contributed by atoms with Gasteiger partial charge in [-0.15, -0.1) is 0 Å². The van der Waals surface area contributed by atoms with Crippen LogP contribution in [0.15, 0.2) is 17.0 Å². The molecule has 1 aromatic rings. The van der Waals surface area contributed by atoms with E-state index in [2.05, 4.69) is 0 Å². The number of aryl methyl sites for hydroxylation is 1. The topological polar surface area (TPSA) is 63.4 Å². The van der Waals surface area contributed by atoms with Crippen LogP contribution in [0.5, 0.6) is 0 Å². The number of anilines is 1. The molecule has 1 fully saturated rings. The van der Waals surface area contributed by atoms with E-state index in [-0.39, 0.29) is 17.0 Å². The molecule has 4 nitrogen and oxygen atoms in total. The first-order valence-electron chi connectivity index (χ1n) is 6.84. The molecule has 0 amide bonds. The summed E-state index contributed by atoms with van der Waals surface area (Å²) in [7, 11) is -3.53. The van der Waals surface area contributed by atoms with Crippen molar-refractivity contribution < 1.29 is 8.42 Å². The van der Waals surface area contributed by atoms with Crippen molar-refractivity contribution in [2.75, 3.05) is 5.73 Å². The van der Waals surface area contributed by atoms with Gasteiger partial charge in [0.05, 0.1) is 15.6 Å². The Morgan fingerprint density at radius 3 is 2.30 bits per heavy atom. The number of halogens is 1. The summed E-state index contributed by atoms with van der Waals surface area (Å²) in [6.07, 6.45) is 2.85. The SMILES string of the molecule is Cc1cc(S(=O)(=O)N2C(C)CCCC2C)cc(N)c1Cl. The lowest BCUT2D eigenvalue weighted by Crippen LogP contribution is -2.47. The second-order valence-electron chi connectivity index (χ2n) is 5.61. The largest absolute Gasteiger partial charge is 0.397 e. The van der Waals surface area contributed by atoms with Crippen LogP contribution in [-0.4, -0.2) is 24.8 Å². The predicted octanol–water partition coefficient (Wildman–Crippen LogP) is 3.18. The van der Waals surface area contributed by atoms with Crippen molar-refractivity contribution in [2.24, 2.45) is 0 Å². The summed E-state index contributed by atoms with van der Waals surface area (Å²) in [5, 5.41) is 0.420. The zero-order valence-electron chi connectivity index (χ0n) is 12.1. The second kappa shape index (κ2) is 5.54. The summed E-state index contributed by atoms with van der Waals surface area (Å²) in [5.74, 6) is 0. The lowest BCUT2D eigenvalue weighted by Gasteiger charge is -2.37. The summed E-state index contributed by atoms with van der Waals surface area (Å²) in [6.45, 7) is 5.68. The van der Waals surface area contributed by atoms with Crippen molar-refractivity contribution >= 4 is 27.3 Å². The lowest BCUT2D eigenvalue weighted by atomic mass is 10.0. The van der Waals surface area contributed by atoms with E-state index < -0.39 is 10.0 Å². The van der Waals surface area contributed by atoms with Gasteiger partial charge in [-0.2, -0.15) is 4.31 Å². The molecule has 2 atom stereocenters. The van der Waals surface area contributed by atoms with Gasteiger partial charge in [0.15, 0.2) is 0 Å². The van der Waals surface area contributed by atoms with Crippen LogP contribution in [0.3, 0.4) is 0 Å². The van der Waals surface area contributed by atoms with Crippen molar-refractivity contribution in [3.63, 3.8) is 0 Å². The Morgan fingerprint density at radius 1 is 1.25 bits per heavy atom. The molecular formula is C14H21ClN2O2S. The standard InChI is InChI=1S/C14H21ClN2O2S/c1-9-7-12(8-13(16)14(9)15)20(18,19)17-10(2)5-4-6-11(17)3/h7-8,10-11H,4-6,16H2,1-3H3. The van der Waals surface area contributed by atoms with Crippen molar-refractivity contribution in [2.45, 2.75) is 57.0 Å². The molecular weight excluding hydrogens is 296 g/mol. The minimum atomic E-state index is -3.53. The zero-order valence-corrected chi connectivity index (χ0v) is 13.6. The maximum absolute atomic E-state index is 12.9. The number of rotatable bonds is 2. The van der Waals surface area contributed by atoms with Crippen LogP contribution in [0.25, 0.3) is 0 Å². The highest BCUT2D eigenvalue weighted by Crippen LogP contribution is 2.33. The second-order valence-corrected chi connectivity index (χ2v) is 7.83. The van der Waals surface area contributed by atoms with Crippen LogP contribution in [-0.2, 0) is 10.0 Å². The van der Waals surface area contributed by atoms with E-state index in [1.165, 1.54) is 6.07 Å². The molecule has 0 saturated carbocycles. The van der Waals surface area contributed by atoms with Gasteiger partial charge in [0.25, 0.3) is 0 Å². The first-order chi connectivity index (χ1) is 9.25. The van der Waals surface area contributed by atoms with Crippen molar-refractivity contribution in [1.29, 1.82) is 0 Å². The highest BCUT2D eigenvalue weighted by molar-refractivity contribution is 7.89. The smallest absolute Gasteiger partial charge is 0.243 e. The monoisotopic (exact) mass is 316 g/mol. The van der Waals surface area contributed by atoms with Gasteiger partial charge >= 0.3 is 0 Å².